The van der Waals surface area contributed by atoms with E-state index in [9.17, 15) is 19.2 Å². The molecule has 4 rings (SSSR count). The fourth-order valence-corrected chi connectivity index (χ4v) is 14.6. The Labute approximate surface area is 504 Å². The average Bonchev–Trinajstić information content (AvgIpc) is 3.67. The van der Waals surface area contributed by atoms with Crippen molar-refractivity contribution in [2.75, 3.05) is 89.7 Å². The molecule has 0 heterocycles. The number of ether oxygens (including phenoxy) is 4. The van der Waals surface area contributed by atoms with Crippen molar-refractivity contribution in [1.29, 1.82) is 0 Å². The SMILES string of the molecule is CCCCCCCCCCCCOC(=O)CC[C@@H](C)[C@H]1CC[C@H]2[C@@H]3[C@H](OC(=O)CCCCC[N+](C)(C)C)C[C@@H]4C[C@H](OC(=O)CCCCC[N+](C)(C)C)CC[C@]4(C)[C@H]3C[C@H](OC(=O)CCCCC[N+](C)(C)C)[C@]12C.[Br-].[Br-].[Br-]. The van der Waals surface area contributed by atoms with Crippen LogP contribution in [0.5, 0.6) is 0 Å². The van der Waals surface area contributed by atoms with Gasteiger partial charge in [0.25, 0.3) is 0 Å². The molecule has 0 aromatic rings. The maximum Gasteiger partial charge on any atom is 0.306 e. The number of carbonyl (C=O) groups is 4. The Kier molecular flexibility index (Phi) is 34.7. The minimum Gasteiger partial charge on any atom is -1.00 e. The van der Waals surface area contributed by atoms with E-state index in [1.54, 1.807) is 0 Å². The Morgan fingerprint density at radius 2 is 0.974 bits per heavy atom. The van der Waals surface area contributed by atoms with E-state index in [2.05, 4.69) is 91.1 Å². The predicted molar refractivity (Wildman–Crippen MR) is 301 cm³/mol. The van der Waals surface area contributed by atoms with Gasteiger partial charge in [0.15, 0.2) is 0 Å². The monoisotopic (exact) mass is 1280 g/mol. The van der Waals surface area contributed by atoms with Crippen LogP contribution in [-0.2, 0) is 38.1 Å². The van der Waals surface area contributed by atoms with E-state index in [0.29, 0.717) is 32.3 Å². The van der Waals surface area contributed by atoms with E-state index in [4.69, 9.17) is 18.9 Å². The lowest BCUT2D eigenvalue weighted by Crippen LogP contribution is -3.00. The van der Waals surface area contributed by atoms with Crippen molar-refractivity contribution in [3.05, 3.63) is 0 Å². The molecule has 0 aromatic carbocycles. The smallest absolute Gasteiger partial charge is 0.306 e. The standard InChI is InChI=1S/C63H118N3O8.3BrH/c1-14-15-16-17-18-19-20-21-22-32-45-71-57(67)39-36-49(2)52-37-38-53-61-54(48-56(63(52,53)4)74-60(70)35-28-25-31-44-66(11,12)13)62(3)41-40-51(72-58(68)33-26-23-29-42-64(5,6)7)46-50(62)47-55(61)73-59(69)34-27-24-30-43-65(8,9)10;;;/h49-56,61H,14-48H2,1-13H3;3*1H/q+3;;;/p-3/t49-,50+,51-,52-,53+,54+,55-,56+,61+,62+,63-;;;/m1.../s1. The minimum atomic E-state index is -0.336. The molecule has 0 amide bonds. The Hall–Kier alpha value is -0.800. The second-order valence-electron chi connectivity index (χ2n) is 28.3. The van der Waals surface area contributed by atoms with Crippen LogP contribution in [-0.4, -0.2) is 145 Å². The Morgan fingerprint density at radius 1 is 0.506 bits per heavy atom. The van der Waals surface area contributed by atoms with Gasteiger partial charge in [-0.25, -0.2) is 0 Å². The predicted octanol–water partition coefficient (Wildman–Crippen LogP) is 4.29. The highest BCUT2D eigenvalue weighted by Crippen LogP contribution is 2.69. The molecule has 0 N–H and O–H groups in total. The molecule has 11 atom stereocenters. The van der Waals surface area contributed by atoms with Crippen LogP contribution in [0, 0.1) is 46.3 Å². The first kappa shape index (κ1) is 74.2. The fourth-order valence-electron chi connectivity index (χ4n) is 14.6. The first-order valence-electron chi connectivity index (χ1n) is 31.0. The van der Waals surface area contributed by atoms with Gasteiger partial charge in [-0.1, -0.05) is 85.5 Å². The van der Waals surface area contributed by atoms with Crippen molar-refractivity contribution < 1.29 is 103 Å². The van der Waals surface area contributed by atoms with Crippen molar-refractivity contribution in [2.24, 2.45) is 46.3 Å². The van der Waals surface area contributed by atoms with E-state index >= 15 is 0 Å². The molecule has 0 bridgehead atoms. The van der Waals surface area contributed by atoms with Crippen LogP contribution in [0.1, 0.15) is 227 Å². The van der Waals surface area contributed by atoms with Crippen LogP contribution >= 0.6 is 0 Å². The van der Waals surface area contributed by atoms with Crippen molar-refractivity contribution in [2.45, 2.75) is 245 Å². The molecule has 11 nitrogen and oxygen atoms in total. The van der Waals surface area contributed by atoms with E-state index in [-0.39, 0.29) is 139 Å². The second-order valence-corrected chi connectivity index (χ2v) is 28.3. The van der Waals surface area contributed by atoms with Crippen LogP contribution in [0.4, 0.5) is 0 Å². The highest BCUT2D eigenvalue weighted by atomic mass is 79.9. The number of hydrogen-bond donors (Lipinski definition) is 0. The van der Waals surface area contributed by atoms with Gasteiger partial charge < -0.3 is 83.3 Å². The number of fused-ring (bicyclic) bond motifs is 5. The summed E-state index contributed by atoms with van der Waals surface area (Å²) in [6.45, 7) is 13.2. The number of unbranched alkanes of at least 4 members (excludes halogenated alkanes) is 15. The van der Waals surface area contributed by atoms with Crippen molar-refractivity contribution >= 4 is 23.9 Å². The molecule has 14 heteroatoms. The van der Waals surface area contributed by atoms with Crippen LogP contribution in [0.3, 0.4) is 0 Å². The van der Waals surface area contributed by atoms with Crippen molar-refractivity contribution in [3.8, 4) is 0 Å². The fraction of sp³-hybridized carbons (Fsp3) is 0.937. The summed E-state index contributed by atoms with van der Waals surface area (Å²) in [5, 5.41) is 0. The lowest BCUT2D eigenvalue weighted by molar-refractivity contribution is -0.870. The van der Waals surface area contributed by atoms with E-state index in [0.717, 1.165) is 155 Å². The summed E-state index contributed by atoms with van der Waals surface area (Å²) in [5.74, 6) is 0.854. The first-order chi connectivity index (χ1) is 34.9. The molecule has 4 saturated carbocycles. The van der Waals surface area contributed by atoms with E-state index in [1.165, 1.54) is 51.4 Å². The van der Waals surface area contributed by atoms with Gasteiger partial charge in [-0.05, 0) is 151 Å². The Balaban J connectivity index is 0.00000988. The first-order valence-corrected chi connectivity index (χ1v) is 31.0. The third-order valence-corrected chi connectivity index (χ3v) is 19.0. The molecule has 0 aromatic heterocycles. The topological polar surface area (TPSA) is 105 Å². The highest BCUT2D eigenvalue weighted by Gasteiger charge is 2.68. The minimum absolute atomic E-state index is 0. The van der Waals surface area contributed by atoms with Gasteiger partial charge in [0.2, 0.25) is 0 Å². The lowest BCUT2D eigenvalue weighted by atomic mass is 9.43. The molecule has 4 aliphatic carbocycles. The zero-order valence-electron chi connectivity index (χ0n) is 51.7. The molecule has 0 radical (unpaired) electrons. The van der Waals surface area contributed by atoms with Gasteiger partial charge in [0, 0.05) is 37.0 Å². The number of quaternary nitrogens is 3. The number of halogens is 3. The highest BCUT2D eigenvalue weighted by molar-refractivity contribution is 5.70. The van der Waals surface area contributed by atoms with Gasteiger partial charge in [0.05, 0.1) is 89.7 Å². The van der Waals surface area contributed by atoms with Gasteiger partial charge in [-0.3, -0.25) is 19.2 Å². The van der Waals surface area contributed by atoms with Gasteiger partial charge in [-0.2, -0.15) is 0 Å². The third-order valence-electron chi connectivity index (χ3n) is 19.0. The zero-order valence-corrected chi connectivity index (χ0v) is 56.4. The summed E-state index contributed by atoms with van der Waals surface area (Å²) in [4.78, 5) is 54.9. The summed E-state index contributed by atoms with van der Waals surface area (Å²) in [6.07, 6.45) is 29.1. The number of carbonyl (C=O) groups excluding carboxylic acids is 4. The summed E-state index contributed by atoms with van der Waals surface area (Å²) < 4.78 is 28.6. The van der Waals surface area contributed by atoms with Crippen LogP contribution in [0.25, 0.3) is 0 Å². The Bertz CT molecular complexity index is 1690. The molecule has 4 fully saturated rings. The van der Waals surface area contributed by atoms with E-state index < -0.39 is 0 Å². The summed E-state index contributed by atoms with van der Waals surface area (Å²) >= 11 is 0. The molecular formula is C63H118Br3N3O8. The van der Waals surface area contributed by atoms with Gasteiger partial charge in [-0.15, -0.1) is 0 Å². The van der Waals surface area contributed by atoms with Crippen molar-refractivity contribution in [3.63, 3.8) is 0 Å². The quantitative estimate of drug-likeness (QED) is 0.0397. The van der Waals surface area contributed by atoms with Crippen LogP contribution in [0.2, 0.25) is 0 Å². The van der Waals surface area contributed by atoms with Gasteiger partial charge in [0.1, 0.15) is 18.3 Å². The molecule has 0 saturated heterocycles. The molecular weight excluding hydrogens is 1170 g/mol. The third kappa shape index (κ3) is 25.7. The maximum absolute atomic E-state index is 14.2. The van der Waals surface area contributed by atoms with Gasteiger partial charge >= 0.3 is 23.9 Å². The summed E-state index contributed by atoms with van der Waals surface area (Å²) in [6, 6.07) is 0. The second kappa shape index (κ2) is 36.0. The van der Waals surface area contributed by atoms with Crippen LogP contribution < -0.4 is 50.9 Å². The van der Waals surface area contributed by atoms with Crippen LogP contribution in [0.15, 0.2) is 0 Å². The number of esters is 4. The van der Waals surface area contributed by atoms with E-state index in [1.807, 2.05) is 0 Å². The van der Waals surface area contributed by atoms with Crippen molar-refractivity contribution in [1.82, 2.24) is 0 Å². The average molecular weight is 1290 g/mol. The zero-order chi connectivity index (χ0) is 54.6. The molecule has 0 spiro atoms. The number of rotatable bonds is 36. The largest absolute Gasteiger partial charge is 1.00 e. The molecule has 0 aliphatic heterocycles. The molecule has 0 unspecified atom stereocenters. The lowest BCUT2D eigenvalue weighted by Gasteiger charge is -2.64. The normalized spacial score (nSPS) is 27.3. The maximum atomic E-state index is 14.2. The molecule has 454 valence electrons. The summed E-state index contributed by atoms with van der Waals surface area (Å²) in [5.41, 5.74) is -0.413. The summed E-state index contributed by atoms with van der Waals surface area (Å²) in [7, 11) is 19.9. The number of nitrogens with zero attached hydrogens (tertiary/aromatic N) is 3. The molecule has 4 aliphatic rings. The Morgan fingerprint density at radius 3 is 1.48 bits per heavy atom. The molecule has 77 heavy (non-hydrogen) atoms. The number of hydrogen-bond acceptors (Lipinski definition) is 8.